The van der Waals surface area contributed by atoms with Crippen LogP contribution >= 0.6 is 0 Å². The number of hydrogen-bond acceptors (Lipinski definition) is 3. The van der Waals surface area contributed by atoms with Crippen molar-refractivity contribution in [2.24, 2.45) is 5.73 Å². The molecular weight excluding hydrogens is 285 g/mol. The van der Waals surface area contributed by atoms with Crippen molar-refractivity contribution in [2.45, 2.75) is 25.1 Å². The van der Waals surface area contributed by atoms with E-state index >= 15 is 0 Å². The number of piperidine rings is 1. The molecule has 4 nitrogen and oxygen atoms in total. The lowest BCUT2D eigenvalue weighted by atomic mass is 10.0. The van der Waals surface area contributed by atoms with E-state index < -0.39 is 12.8 Å². The zero-order chi connectivity index (χ0) is 15.5. The van der Waals surface area contributed by atoms with Crippen molar-refractivity contribution in [3.63, 3.8) is 0 Å². The van der Waals surface area contributed by atoms with Gasteiger partial charge in [-0.3, -0.25) is 4.79 Å². The second-order valence-corrected chi connectivity index (χ2v) is 5.05. The van der Waals surface area contributed by atoms with Gasteiger partial charge in [0, 0.05) is 19.1 Å². The molecule has 0 radical (unpaired) electrons. The molecule has 21 heavy (non-hydrogen) atoms. The normalized spacial score (nSPS) is 19.4. The van der Waals surface area contributed by atoms with Crippen molar-refractivity contribution < 1.29 is 22.7 Å². The number of rotatable bonds is 3. The van der Waals surface area contributed by atoms with Crippen LogP contribution < -0.4 is 10.5 Å². The zero-order valence-electron chi connectivity index (χ0n) is 11.4. The number of halogens is 3. The SMILES string of the molecule is N[C@@H]1CCCN(C(=O)c2ccccc2OCC(F)(F)F)C1. The zero-order valence-corrected chi connectivity index (χ0v) is 11.4. The average Bonchev–Trinajstić information content (AvgIpc) is 2.44. The molecule has 116 valence electrons. The number of carbonyl (C=O) groups is 1. The van der Waals surface area contributed by atoms with Crippen molar-refractivity contribution >= 4 is 5.91 Å². The molecule has 7 heteroatoms. The minimum atomic E-state index is -4.44. The lowest BCUT2D eigenvalue weighted by Gasteiger charge is -2.31. The fourth-order valence-electron chi connectivity index (χ4n) is 2.29. The summed E-state index contributed by atoms with van der Waals surface area (Å²) in [5.41, 5.74) is 5.96. The third-order valence-electron chi connectivity index (χ3n) is 3.25. The van der Waals surface area contributed by atoms with Gasteiger partial charge in [-0.2, -0.15) is 13.2 Å². The molecule has 1 heterocycles. The fraction of sp³-hybridized carbons (Fsp3) is 0.500. The van der Waals surface area contributed by atoms with Gasteiger partial charge in [-0.1, -0.05) is 12.1 Å². The number of hydrogen-bond donors (Lipinski definition) is 1. The van der Waals surface area contributed by atoms with Gasteiger partial charge < -0.3 is 15.4 Å². The van der Waals surface area contributed by atoms with Gasteiger partial charge in [0.05, 0.1) is 5.56 Å². The van der Waals surface area contributed by atoms with Crippen LogP contribution in [0.25, 0.3) is 0 Å². The van der Waals surface area contributed by atoms with Crippen LogP contribution in [0.5, 0.6) is 5.75 Å². The Kier molecular flexibility index (Phi) is 4.72. The average molecular weight is 302 g/mol. The molecule has 2 rings (SSSR count). The highest BCUT2D eigenvalue weighted by Crippen LogP contribution is 2.24. The van der Waals surface area contributed by atoms with Gasteiger partial charge in [0.1, 0.15) is 5.75 Å². The maximum absolute atomic E-state index is 12.4. The van der Waals surface area contributed by atoms with Gasteiger partial charge in [0.2, 0.25) is 0 Å². The monoisotopic (exact) mass is 302 g/mol. The van der Waals surface area contributed by atoms with E-state index in [0.717, 1.165) is 12.8 Å². The first kappa shape index (κ1) is 15.6. The Bertz CT molecular complexity index is 505. The van der Waals surface area contributed by atoms with Crippen LogP contribution in [-0.2, 0) is 0 Å². The molecule has 1 atom stereocenters. The molecule has 0 unspecified atom stereocenters. The van der Waals surface area contributed by atoms with Gasteiger partial charge in [-0.25, -0.2) is 0 Å². The second kappa shape index (κ2) is 6.34. The second-order valence-electron chi connectivity index (χ2n) is 5.05. The van der Waals surface area contributed by atoms with E-state index in [0.29, 0.717) is 13.1 Å². The number of para-hydroxylation sites is 1. The van der Waals surface area contributed by atoms with Crippen LogP contribution in [0.4, 0.5) is 13.2 Å². The van der Waals surface area contributed by atoms with Crippen molar-refractivity contribution in [3.8, 4) is 5.75 Å². The van der Waals surface area contributed by atoms with E-state index in [9.17, 15) is 18.0 Å². The Hall–Kier alpha value is -1.76. The molecule has 0 aliphatic carbocycles. The highest BCUT2D eigenvalue weighted by atomic mass is 19.4. The maximum atomic E-state index is 12.4. The molecule has 0 bridgehead atoms. The van der Waals surface area contributed by atoms with Crippen LogP contribution in [0.15, 0.2) is 24.3 Å². The molecule has 0 saturated carbocycles. The maximum Gasteiger partial charge on any atom is 0.422 e. The summed E-state index contributed by atoms with van der Waals surface area (Å²) in [4.78, 5) is 14.0. The molecule has 1 aliphatic heterocycles. The first-order chi connectivity index (χ1) is 9.87. The van der Waals surface area contributed by atoms with Gasteiger partial charge in [0.15, 0.2) is 6.61 Å². The topological polar surface area (TPSA) is 55.6 Å². The number of alkyl halides is 3. The summed E-state index contributed by atoms with van der Waals surface area (Å²) in [7, 11) is 0. The van der Waals surface area contributed by atoms with Crippen LogP contribution in [0.2, 0.25) is 0 Å². The molecule has 0 aromatic heterocycles. The Labute approximate surface area is 120 Å². The lowest BCUT2D eigenvalue weighted by Crippen LogP contribution is -2.45. The minimum absolute atomic E-state index is 0.0565. The van der Waals surface area contributed by atoms with E-state index in [2.05, 4.69) is 0 Å². The third-order valence-corrected chi connectivity index (χ3v) is 3.25. The first-order valence-electron chi connectivity index (χ1n) is 6.70. The molecular formula is C14H17F3N2O2. The van der Waals surface area contributed by atoms with E-state index in [1.807, 2.05) is 0 Å². The van der Waals surface area contributed by atoms with Gasteiger partial charge in [-0.15, -0.1) is 0 Å². The molecule has 1 amide bonds. The number of amides is 1. The number of nitrogens with zero attached hydrogens (tertiary/aromatic N) is 1. The standard InChI is InChI=1S/C14H17F3N2O2/c15-14(16,17)9-21-12-6-2-1-5-11(12)13(20)19-7-3-4-10(18)8-19/h1-2,5-6,10H,3-4,7-9,18H2/t10-/m1/s1. The van der Waals surface area contributed by atoms with E-state index in [-0.39, 0.29) is 23.3 Å². The van der Waals surface area contributed by atoms with E-state index in [4.69, 9.17) is 10.5 Å². The van der Waals surface area contributed by atoms with Crippen LogP contribution in [0.3, 0.4) is 0 Å². The van der Waals surface area contributed by atoms with Gasteiger partial charge in [-0.05, 0) is 25.0 Å². The minimum Gasteiger partial charge on any atom is -0.483 e. The molecule has 1 fully saturated rings. The predicted molar refractivity (Wildman–Crippen MR) is 71.1 cm³/mol. The first-order valence-corrected chi connectivity index (χ1v) is 6.70. The molecule has 0 spiro atoms. The number of ether oxygens (including phenoxy) is 1. The fourth-order valence-corrected chi connectivity index (χ4v) is 2.29. The molecule has 1 aliphatic rings. The summed E-state index contributed by atoms with van der Waals surface area (Å²) in [6.45, 7) is -0.455. The van der Waals surface area contributed by atoms with Crippen molar-refractivity contribution in [2.75, 3.05) is 19.7 Å². The smallest absolute Gasteiger partial charge is 0.422 e. The number of likely N-dealkylation sites (tertiary alicyclic amines) is 1. The Morgan fingerprint density at radius 1 is 1.38 bits per heavy atom. The summed E-state index contributed by atoms with van der Waals surface area (Å²) >= 11 is 0. The quantitative estimate of drug-likeness (QED) is 0.931. The number of carbonyl (C=O) groups excluding carboxylic acids is 1. The molecule has 1 aromatic rings. The van der Waals surface area contributed by atoms with Crippen molar-refractivity contribution in [1.29, 1.82) is 0 Å². The Morgan fingerprint density at radius 2 is 2.10 bits per heavy atom. The highest BCUT2D eigenvalue weighted by Gasteiger charge is 2.30. The largest absolute Gasteiger partial charge is 0.483 e. The number of benzene rings is 1. The van der Waals surface area contributed by atoms with Gasteiger partial charge in [0.25, 0.3) is 5.91 Å². The van der Waals surface area contributed by atoms with Crippen molar-refractivity contribution in [3.05, 3.63) is 29.8 Å². The predicted octanol–water partition coefficient (Wildman–Crippen LogP) is 2.19. The third kappa shape index (κ3) is 4.35. The summed E-state index contributed by atoms with van der Waals surface area (Å²) in [6, 6.07) is 5.87. The summed E-state index contributed by atoms with van der Waals surface area (Å²) in [5.74, 6) is -0.401. The summed E-state index contributed by atoms with van der Waals surface area (Å²) in [6.07, 6.45) is -2.81. The Balaban J connectivity index is 2.13. The molecule has 2 N–H and O–H groups in total. The van der Waals surface area contributed by atoms with Crippen LogP contribution in [0, 0.1) is 0 Å². The summed E-state index contributed by atoms with van der Waals surface area (Å²) in [5, 5.41) is 0. The highest BCUT2D eigenvalue weighted by molar-refractivity contribution is 5.97. The molecule has 1 saturated heterocycles. The number of nitrogens with two attached hydrogens (primary N) is 1. The Morgan fingerprint density at radius 3 is 2.76 bits per heavy atom. The van der Waals surface area contributed by atoms with Crippen LogP contribution in [-0.4, -0.2) is 42.7 Å². The van der Waals surface area contributed by atoms with E-state index in [1.54, 1.807) is 11.0 Å². The molecule has 1 aromatic carbocycles. The van der Waals surface area contributed by atoms with Crippen molar-refractivity contribution in [1.82, 2.24) is 4.90 Å². The van der Waals surface area contributed by atoms with Gasteiger partial charge >= 0.3 is 6.18 Å². The summed E-state index contributed by atoms with van der Waals surface area (Å²) < 4.78 is 41.5. The lowest BCUT2D eigenvalue weighted by molar-refractivity contribution is -0.153. The van der Waals surface area contributed by atoms with E-state index in [1.165, 1.54) is 18.2 Å². The van der Waals surface area contributed by atoms with Crippen LogP contribution in [0.1, 0.15) is 23.2 Å².